The zero-order valence-corrected chi connectivity index (χ0v) is 5.79. The molecule has 0 aliphatic heterocycles. The largest absolute Gasteiger partial charge is 0.185 e. The molecule has 0 aliphatic carbocycles. The molecule has 0 saturated carbocycles. The van der Waals surface area contributed by atoms with Crippen molar-refractivity contribution in [2.45, 2.75) is 19.8 Å². The summed E-state index contributed by atoms with van der Waals surface area (Å²) in [5.41, 5.74) is 0. The van der Waals surface area contributed by atoms with Crippen LogP contribution in [0.4, 0.5) is 0 Å². The van der Waals surface area contributed by atoms with Crippen LogP contribution in [0, 0.1) is 10.7 Å². The second kappa shape index (κ2) is 4.73. The molecule has 0 aromatic carbocycles. The molecule has 0 N–H and O–H groups in total. The Balaban J connectivity index is 3.23. The summed E-state index contributed by atoms with van der Waals surface area (Å²) in [4.78, 5) is 0.968. The second-order valence-electron chi connectivity index (χ2n) is 1.48. The molecule has 0 radical (unpaired) electrons. The van der Waals surface area contributed by atoms with Gasteiger partial charge in [0, 0.05) is 0 Å². The number of hydrogen-bond donors (Lipinski definition) is 0. The summed E-state index contributed by atoms with van der Waals surface area (Å²) in [5.74, 6) is 0. The highest BCUT2D eigenvalue weighted by Gasteiger charge is 1.88. The van der Waals surface area contributed by atoms with Crippen molar-refractivity contribution in [2.75, 3.05) is 0 Å². The maximum absolute atomic E-state index is 8.12. The maximum atomic E-state index is 8.12. The van der Waals surface area contributed by atoms with Crippen molar-refractivity contribution in [3.05, 3.63) is 11.5 Å². The number of nitrogens with zero attached hydrogens (tertiary/aromatic N) is 1. The van der Waals surface area contributed by atoms with Crippen molar-refractivity contribution in [2.24, 2.45) is 0 Å². The first-order chi connectivity index (χ1) is 3.81. The molecule has 0 saturated heterocycles. The summed E-state index contributed by atoms with van der Waals surface area (Å²) in [7, 11) is 0. The minimum Gasteiger partial charge on any atom is -0.185 e. The highest BCUT2D eigenvalue weighted by Crippen LogP contribution is 2.15. The van der Waals surface area contributed by atoms with E-state index < -0.39 is 0 Å². The zero-order valence-electron chi connectivity index (χ0n) is 4.98. The molecule has 0 bridgehead atoms. The van der Waals surface area contributed by atoms with Crippen molar-refractivity contribution < 1.29 is 0 Å². The topological polar surface area (TPSA) is 23.8 Å². The molecular formula is C6H9NS. The van der Waals surface area contributed by atoms with Crippen LogP contribution in [0.5, 0.6) is 0 Å². The summed E-state index contributed by atoms with van der Waals surface area (Å²) >= 11 is 1.17. The number of rotatable bonds is 3. The average molecular weight is 127 g/mol. The van der Waals surface area contributed by atoms with Crippen LogP contribution in [0.1, 0.15) is 19.8 Å². The normalized spacial score (nSPS) is 8.00. The Kier molecular flexibility index (Phi) is 4.48. The molecule has 0 heterocycles. The third-order valence-corrected chi connectivity index (χ3v) is 1.30. The molecule has 0 aromatic heterocycles. The average Bonchev–Trinajstić information content (AvgIpc) is 1.68. The van der Waals surface area contributed by atoms with E-state index in [1.807, 2.05) is 5.40 Å². The molecule has 0 aliphatic rings. The monoisotopic (exact) mass is 127 g/mol. The third-order valence-electron chi connectivity index (χ3n) is 0.719. The van der Waals surface area contributed by atoms with Crippen LogP contribution < -0.4 is 0 Å². The van der Waals surface area contributed by atoms with E-state index in [4.69, 9.17) is 5.26 Å². The Morgan fingerprint density at radius 3 is 2.88 bits per heavy atom. The lowest BCUT2D eigenvalue weighted by molar-refractivity contribution is 0.951. The van der Waals surface area contributed by atoms with Gasteiger partial charge in [0.15, 0.2) is 0 Å². The molecular weight excluding hydrogens is 118 g/mol. The molecule has 0 atom stereocenters. The van der Waals surface area contributed by atoms with Crippen molar-refractivity contribution in [3.63, 3.8) is 0 Å². The van der Waals surface area contributed by atoms with E-state index in [-0.39, 0.29) is 0 Å². The van der Waals surface area contributed by atoms with Crippen molar-refractivity contribution in [1.82, 2.24) is 0 Å². The van der Waals surface area contributed by atoms with Gasteiger partial charge in [-0.25, -0.2) is 0 Å². The van der Waals surface area contributed by atoms with Gasteiger partial charge >= 0.3 is 0 Å². The standard InChI is InChI=1S/C6H9NS/c1-3-4-6(2)8-5-7/h2-4H2,1H3. The molecule has 44 valence electrons. The number of thioether (sulfide) groups is 1. The van der Waals surface area contributed by atoms with Gasteiger partial charge in [0.05, 0.1) is 0 Å². The van der Waals surface area contributed by atoms with Crippen LogP contribution in [-0.4, -0.2) is 0 Å². The van der Waals surface area contributed by atoms with Crippen LogP contribution in [0.2, 0.25) is 0 Å². The molecule has 0 rings (SSSR count). The Labute approximate surface area is 54.4 Å². The molecule has 1 nitrogen and oxygen atoms in total. The minimum atomic E-state index is 0.957. The van der Waals surface area contributed by atoms with Gasteiger partial charge in [-0.15, -0.1) is 0 Å². The Hall–Kier alpha value is -0.420. The summed E-state index contributed by atoms with van der Waals surface area (Å²) in [6, 6.07) is 0. The maximum Gasteiger partial charge on any atom is 0.138 e. The van der Waals surface area contributed by atoms with Crippen LogP contribution >= 0.6 is 11.8 Å². The predicted molar refractivity (Wildman–Crippen MR) is 37.3 cm³/mol. The summed E-state index contributed by atoms with van der Waals surface area (Å²) in [5, 5.41) is 10.1. The highest BCUT2D eigenvalue weighted by molar-refractivity contribution is 8.07. The Morgan fingerprint density at radius 2 is 2.50 bits per heavy atom. The fraction of sp³-hybridized carbons (Fsp3) is 0.500. The van der Waals surface area contributed by atoms with E-state index in [2.05, 4.69) is 13.5 Å². The third kappa shape index (κ3) is 3.76. The van der Waals surface area contributed by atoms with Gasteiger partial charge in [-0.2, -0.15) is 5.26 Å². The van der Waals surface area contributed by atoms with E-state index in [0.717, 1.165) is 17.7 Å². The Bertz CT molecular complexity index is 112. The van der Waals surface area contributed by atoms with E-state index in [0.29, 0.717) is 0 Å². The van der Waals surface area contributed by atoms with Crippen molar-refractivity contribution in [3.8, 4) is 5.40 Å². The van der Waals surface area contributed by atoms with Gasteiger partial charge in [-0.05, 0) is 23.1 Å². The van der Waals surface area contributed by atoms with E-state index in [9.17, 15) is 0 Å². The highest BCUT2D eigenvalue weighted by atomic mass is 32.2. The number of nitriles is 1. The van der Waals surface area contributed by atoms with E-state index in [1.165, 1.54) is 11.8 Å². The lowest BCUT2D eigenvalue weighted by Gasteiger charge is -1.91. The molecule has 0 amide bonds. The molecule has 0 aromatic rings. The minimum absolute atomic E-state index is 0.957. The quantitative estimate of drug-likeness (QED) is 0.544. The lowest BCUT2D eigenvalue weighted by atomic mass is 10.3. The van der Waals surface area contributed by atoms with Gasteiger partial charge in [-0.1, -0.05) is 19.9 Å². The van der Waals surface area contributed by atoms with Gasteiger partial charge in [-0.3, -0.25) is 0 Å². The first kappa shape index (κ1) is 7.58. The fourth-order valence-electron chi connectivity index (χ4n) is 0.394. The van der Waals surface area contributed by atoms with E-state index >= 15 is 0 Å². The van der Waals surface area contributed by atoms with Gasteiger partial charge in [0.25, 0.3) is 0 Å². The van der Waals surface area contributed by atoms with E-state index in [1.54, 1.807) is 0 Å². The molecule has 2 heteroatoms. The van der Waals surface area contributed by atoms with Crippen LogP contribution in [0.3, 0.4) is 0 Å². The lowest BCUT2D eigenvalue weighted by Crippen LogP contribution is -1.68. The SMILES string of the molecule is C=C(CCC)SC#N. The van der Waals surface area contributed by atoms with Crippen LogP contribution in [-0.2, 0) is 0 Å². The number of thiocyanates is 1. The summed E-state index contributed by atoms with van der Waals surface area (Å²) in [6.45, 7) is 5.75. The van der Waals surface area contributed by atoms with Gasteiger partial charge < -0.3 is 0 Å². The van der Waals surface area contributed by atoms with Crippen LogP contribution in [0.25, 0.3) is 0 Å². The zero-order chi connectivity index (χ0) is 6.41. The van der Waals surface area contributed by atoms with Crippen LogP contribution in [0.15, 0.2) is 11.5 Å². The smallest absolute Gasteiger partial charge is 0.138 e. The summed E-state index contributed by atoms with van der Waals surface area (Å²) in [6.07, 6.45) is 2.03. The van der Waals surface area contributed by atoms with Crippen molar-refractivity contribution >= 4 is 11.8 Å². The first-order valence-electron chi connectivity index (χ1n) is 2.55. The summed E-state index contributed by atoms with van der Waals surface area (Å²) < 4.78 is 0. The van der Waals surface area contributed by atoms with Gasteiger partial charge in [0.2, 0.25) is 0 Å². The predicted octanol–water partition coefficient (Wildman–Crippen LogP) is 2.51. The fourth-order valence-corrected chi connectivity index (χ4v) is 0.830. The van der Waals surface area contributed by atoms with Gasteiger partial charge in [0.1, 0.15) is 5.40 Å². The molecule has 8 heavy (non-hydrogen) atoms. The molecule has 0 unspecified atom stereocenters. The first-order valence-corrected chi connectivity index (χ1v) is 3.36. The number of hydrogen-bond acceptors (Lipinski definition) is 2. The second-order valence-corrected chi connectivity index (χ2v) is 2.45. The molecule has 0 fully saturated rings. The Morgan fingerprint density at radius 1 is 1.88 bits per heavy atom. The molecule has 0 spiro atoms. The number of allylic oxidation sites excluding steroid dienone is 1. The van der Waals surface area contributed by atoms with Crippen molar-refractivity contribution in [1.29, 1.82) is 5.26 Å².